The maximum Gasteiger partial charge on any atom is 0.150 e. The summed E-state index contributed by atoms with van der Waals surface area (Å²) in [4.78, 5) is 13.0. The van der Waals surface area contributed by atoms with E-state index < -0.39 is 0 Å². The van der Waals surface area contributed by atoms with E-state index in [4.69, 9.17) is 10.8 Å². The first-order chi connectivity index (χ1) is 13.1. The van der Waals surface area contributed by atoms with Crippen molar-refractivity contribution in [3.05, 3.63) is 59.7 Å². The van der Waals surface area contributed by atoms with Crippen LogP contribution in [0.5, 0.6) is 0 Å². The van der Waals surface area contributed by atoms with Crippen LogP contribution in [0.2, 0.25) is 0 Å². The van der Waals surface area contributed by atoms with E-state index in [0.29, 0.717) is 41.2 Å². The molecule has 7 heteroatoms. The van der Waals surface area contributed by atoms with E-state index in [1.165, 1.54) is 6.07 Å². The number of aliphatic hydroxyl groups excluding tert-OH is 1. The predicted octanol–water partition coefficient (Wildman–Crippen LogP) is 3.15. The van der Waals surface area contributed by atoms with Crippen molar-refractivity contribution < 1.29 is 9.50 Å². The van der Waals surface area contributed by atoms with Gasteiger partial charge in [0, 0.05) is 42.9 Å². The number of rotatable bonds is 7. The molecule has 0 saturated carbocycles. The number of halogens is 1. The van der Waals surface area contributed by atoms with Gasteiger partial charge >= 0.3 is 0 Å². The second-order valence-corrected chi connectivity index (χ2v) is 6.17. The smallest absolute Gasteiger partial charge is 0.150 e. The van der Waals surface area contributed by atoms with E-state index in [-0.39, 0.29) is 19.0 Å². The van der Waals surface area contributed by atoms with Gasteiger partial charge in [-0.1, -0.05) is 6.07 Å². The molecule has 0 unspecified atom stereocenters. The van der Waals surface area contributed by atoms with Crippen LogP contribution in [-0.4, -0.2) is 33.9 Å². The summed E-state index contributed by atoms with van der Waals surface area (Å²) in [5.41, 5.74) is 9.05. The van der Waals surface area contributed by atoms with Crippen LogP contribution < -0.4 is 11.1 Å². The fourth-order valence-corrected chi connectivity index (χ4v) is 2.67. The molecule has 4 N–H and O–H groups in total. The summed E-state index contributed by atoms with van der Waals surface area (Å²) < 4.78 is 14.3. The van der Waals surface area contributed by atoms with Gasteiger partial charge in [0.05, 0.1) is 22.6 Å². The van der Waals surface area contributed by atoms with E-state index in [1.807, 2.05) is 19.1 Å². The van der Waals surface area contributed by atoms with Crippen molar-refractivity contribution in [3.8, 4) is 0 Å². The number of nitrogens with two attached hydrogens (primary N) is 1. The van der Waals surface area contributed by atoms with Crippen molar-refractivity contribution in [2.75, 3.05) is 24.2 Å². The van der Waals surface area contributed by atoms with Crippen molar-refractivity contribution in [1.82, 2.24) is 9.97 Å². The number of hydrogen-bond acceptors (Lipinski definition) is 6. The van der Waals surface area contributed by atoms with Crippen LogP contribution in [0.3, 0.4) is 0 Å². The Hall–Kier alpha value is -3.06. The monoisotopic (exact) mass is 367 g/mol. The molecule has 0 amide bonds. The van der Waals surface area contributed by atoms with Gasteiger partial charge in [0.25, 0.3) is 0 Å². The average Bonchev–Trinajstić information content (AvgIpc) is 2.67. The van der Waals surface area contributed by atoms with Gasteiger partial charge in [0.15, 0.2) is 0 Å². The number of aromatic nitrogens is 2. The second kappa shape index (κ2) is 8.55. The van der Waals surface area contributed by atoms with Gasteiger partial charge < -0.3 is 16.2 Å². The summed E-state index contributed by atoms with van der Waals surface area (Å²) in [6.07, 6.45) is 2.24. The Morgan fingerprint density at radius 2 is 2.15 bits per heavy atom. The molecule has 3 rings (SSSR count). The number of fused-ring (bicyclic) bond motifs is 1. The summed E-state index contributed by atoms with van der Waals surface area (Å²) in [6.45, 7) is 2.74. The zero-order valence-electron chi connectivity index (χ0n) is 15.1. The number of nitrogens with one attached hydrogen (secondary N) is 1. The highest BCUT2D eigenvalue weighted by atomic mass is 19.1. The quantitative estimate of drug-likeness (QED) is 0.440. The van der Waals surface area contributed by atoms with E-state index in [9.17, 15) is 4.39 Å². The Morgan fingerprint density at radius 1 is 1.30 bits per heavy atom. The number of anilines is 2. The SMILES string of the molecule is C/C(=N\CCCO)c1ccc(N)c(NCc2cc3cccnc3cc2F)n1. The lowest BCUT2D eigenvalue weighted by molar-refractivity contribution is 0.291. The Morgan fingerprint density at radius 3 is 2.96 bits per heavy atom. The van der Waals surface area contributed by atoms with Gasteiger partial charge in [-0.2, -0.15) is 0 Å². The van der Waals surface area contributed by atoms with Gasteiger partial charge in [0.1, 0.15) is 11.6 Å². The van der Waals surface area contributed by atoms with E-state index in [2.05, 4.69) is 20.3 Å². The molecule has 0 saturated heterocycles. The average molecular weight is 367 g/mol. The third-order valence-electron chi connectivity index (χ3n) is 4.18. The molecule has 2 aromatic heterocycles. The fourth-order valence-electron chi connectivity index (χ4n) is 2.67. The van der Waals surface area contributed by atoms with Crippen molar-refractivity contribution in [3.63, 3.8) is 0 Å². The van der Waals surface area contributed by atoms with Crippen molar-refractivity contribution in [2.24, 2.45) is 4.99 Å². The van der Waals surface area contributed by atoms with Crippen LogP contribution in [-0.2, 0) is 6.54 Å². The Balaban J connectivity index is 1.79. The van der Waals surface area contributed by atoms with E-state index in [1.54, 1.807) is 24.4 Å². The molecule has 6 nitrogen and oxygen atoms in total. The van der Waals surface area contributed by atoms with E-state index in [0.717, 1.165) is 11.1 Å². The maximum absolute atomic E-state index is 14.3. The lowest BCUT2D eigenvalue weighted by Crippen LogP contribution is -2.09. The molecule has 0 bridgehead atoms. The zero-order valence-corrected chi connectivity index (χ0v) is 15.1. The zero-order chi connectivity index (χ0) is 19.2. The molecule has 140 valence electrons. The summed E-state index contributed by atoms with van der Waals surface area (Å²) in [6, 6.07) is 10.4. The molecule has 0 spiro atoms. The largest absolute Gasteiger partial charge is 0.396 e. The third-order valence-corrected chi connectivity index (χ3v) is 4.18. The highest BCUT2D eigenvalue weighted by Crippen LogP contribution is 2.21. The second-order valence-electron chi connectivity index (χ2n) is 6.17. The lowest BCUT2D eigenvalue weighted by Gasteiger charge is -2.11. The van der Waals surface area contributed by atoms with Gasteiger partial charge in [-0.25, -0.2) is 9.37 Å². The number of nitrogens with zero attached hydrogens (tertiary/aromatic N) is 3. The minimum absolute atomic E-state index is 0.103. The summed E-state index contributed by atoms with van der Waals surface area (Å²) >= 11 is 0. The minimum Gasteiger partial charge on any atom is -0.396 e. The summed E-state index contributed by atoms with van der Waals surface area (Å²) in [7, 11) is 0. The highest BCUT2D eigenvalue weighted by molar-refractivity contribution is 5.97. The lowest BCUT2D eigenvalue weighted by atomic mass is 10.1. The molecule has 0 aliphatic rings. The Kier molecular flexibility index (Phi) is 5.93. The normalized spacial score (nSPS) is 11.7. The molecule has 27 heavy (non-hydrogen) atoms. The minimum atomic E-state index is -0.329. The van der Waals surface area contributed by atoms with Gasteiger partial charge in [-0.3, -0.25) is 9.98 Å². The topological polar surface area (TPSA) is 96.4 Å². The Labute approximate surface area is 157 Å². The molecule has 0 aliphatic carbocycles. The molecular weight excluding hydrogens is 345 g/mol. The fraction of sp³-hybridized carbons (Fsp3) is 0.250. The maximum atomic E-state index is 14.3. The molecule has 3 aromatic rings. The number of benzene rings is 1. The van der Waals surface area contributed by atoms with Gasteiger partial charge in [0.2, 0.25) is 0 Å². The molecule has 0 aliphatic heterocycles. The Bertz CT molecular complexity index is 974. The number of nitrogen functional groups attached to an aromatic ring is 1. The molecule has 0 atom stereocenters. The summed E-state index contributed by atoms with van der Waals surface area (Å²) in [5.74, 6) is 0.153. The summed E-state index contributed by atoms with van der Waals surface area (Å²) in [5, 5.41) is 12.8. The highest BCUT2D eigenvalue weighted by Gasteiger charge is 2.09. The third kappa shape index (κ3) is 4.57. The van der Waals surface area contributed by atoms with Crippen LogP contribution in [0, 0.1) is 5.82 Å². The first kappa shape index (κ1) is 18.7. The van der Waals surface area contributed by atoms with Crippen molar-refractivity contribution in [1.29, 1.82) is 0 Å². The number of pyridine rings is 2. The van der Waals surface area contributed by atoms with Gasteiger partial charge in [-0.15, -0.1) is 0 Å². The number of aliphatic hydroxyl groups is 1. The predicted molar refractivity (Wildman–Crippen MR) is 106 cm³/mol. The first-order valence-corrected chi connectivity index (χ1v) is 8.74. The van der Waals surface area contributed by atoms with Crippen molar-refractivity contribution in [2.45, 2.75) is 19.9 Å². The molecule has 0 radical (unpaired) electrons. The number of aliphatic imine (C=N–C) groups is 1. The van der Waals surface area contributed by atoms with E-state index >= 15 is 0 Å². The van der Waals surface area contributed by atoms with Crippen LogP contribution in [0.4, 0.5) is 15.9 Å². The molecule has 1 aromatic carbocycles. The van der Waals surface area contributed by atoms with Crippen LogP contribution in [0.1, 0.15) is 24.6 Å². The standard InChI is InChI=1S/C20H22FN5O/c1-13(23-8-3-9-27)18-6-5-17(22)20(26-18)25-12-15-10-14-4-2-7-24-19(14)11-16(15)21/h2,4-7,10-11,27H,3,8-9,12,22H2,1H3,(H,25,26)/b23-13+. The van der Waals surface area contributed by atoms with Gasteiger partial charge in [-0.05, 0) is 37.6 Å². The van der Waals surface area contributed by atoms with Crippen molar-refractivity contribution >= 4 is 28.1 Å². The van der Waals surface area contributed by atoms with Crippen LogP contribution in [0.15, 0.2) is 47.6 Å². The first-order valence-electron chi connectivity index (χ1n) is 8.74. The van der Waals surface area contributed by atoms with Crippen LogP contribution in [0.25, 0.3) is 10.9 Å². The molecule has 0 fully saturated rings. The molecular formula is C20H22FN5O. The van der Waals surface area contributed by atoms with Crippen LogP contribution >= 0.6 is 0 Å². The molecule has 2 heterocycles. The number of hydrogen-bond donors (Lipinski definition) is 3.